The molecule has 0 atom stereocenters. The maximum atomic E-state index is 12.9. The highest BCUT2D eigenvalue weighted by Crippen LogP contribution is 2.23. The van der Waals surface area contributed by atoms with Gasteiger partial charge in [0.2, 0.25) is 0 Å². The van der Waals surface area contributed by atoms with Gasteiger partial charge in [-0.05, 0) is 18.2 Å². The lowest BCUT2D eigenvalue weighted by atomic mass is 10.1. The second kappa shape index (κ2) is 3.82. The van der Waals surface area contributed by atoms with Crippen LogP contribution in [0.5, 0.6) is 0 Å². The van der Waals surface area contributed by atoms with E-state index in [1.165, 1.54) is 18.5 Å². The molecule has 0 spiro atoms. The summed E-state index contributed by atoms with van der Waals surface area (Å²) in [6.45, 7) is 0. The smallest absolute Gasteiger partial charge is 0.141 e. The van der Waals surface area contributed by atoms with Gasteiger partial charge in [-0.2, -0.15) is 0 Å². The molecule has 0 bridgehead atoms. The number of aromatic nitrogens is 2. The molecule has 3 nitrogen and oxygen atoms in total. The van der Waals surface area contributed by atoms with E-state index in [4.69, 9.17) is 17.3 Å². The monoisotopic (exact) mass is 223 g/mol. The van der Waals surface area contributed by atoms with Crippen molar-refractivity contribution in [2.75, 3.05) is 5.73 Å². The molecule has 1 heterocycles. The Kier molecular flexibility index (Phi) is 2.51. The molecule has 15 heavy (non-hydrogen) atoms. The second-order valence-electron chi connectivity index (χ2n) is 2.96. The van der Waals surface area contributed by atoms with E-state index in [0.717, 1.165) is 0 Å². The summed E-state index contributed by atoms with van der Waals surface area (Å²) in [6, 6.07) is 5.97. The number of rotatable bonds is 1. The van der Waals surface area contributed by atoms with Gasteiger partial charge in [0.05, 0.1) is 10.7 Å². The molecule has 0 aliphatic carbocycles. The van der Waals surface area contributed by atoms with Crippen LogP contribution in [0.2, 0.25) is 5.02 Å². The third kappa shape index (κ3) is 2.05. The Bertz CT molecular complexity index is 502. The molecular formula is C10H7ClFN3. The van der Waals surface area contributed by atoms with Crippen LogP contribution in [0.1, 0.15) is 0 Å². The van der Waals surface area contributed by atoms with Crippen LogP contribution < -0.4 is 5.73 Å². The van der Waals surface area contributed by atoms with Crippen LogP contribution in [0, 0.1) is 5.82 Å². The number of halogens is 2. The Morgan fingerprint density at radius 1 is 1.20 bits per heavy atom. The first-order valence-corrected chi connectivity index (χ1v) is 4.57. The van der Waals surface area contributed by atoms with Crippen LogP contribution in [0.3, 0.4) is 0 Å². The summed E-state index contributed by atoms with van der Waals surface area (Å²) >= 11 is 5.65. The summed E-state index contributed by atoms with van der Waals surface area (Å²) < 4.78 is 12.9. The Hall–Kier alpha value is -1.68. The summed E-state index contributed by atoms with van der Waals surface area (Å²) in [5.74, 6) is -0.0945. The van der Waals surface area contributed by atoms with E-state index in [1.807, 2.05) is 0 Å². The Morgan fingerprint density at radius 3 is 2.67 bits per heavy atom. The molecule has 2 aromatic rings. The quantitative estimate of drug-likeness (QED) is 0.808. The fourth-order valence-corrected chi connectivity index (χ4v) is 1.37. The molecule has 0 saturated carbocycles. The summed E-state index contributed by atoms with van der Waals surface area (Å²) in [7, 11) is 0. The predicted octanol–water partition coefficient (Wildman–Crippen LogP) is 2.52. The van der Waals surface area contributed by atoms with Gasteiger partial charge in [-0.1, -0.05) is 11.6 Å². The van der Waals surface area contributed by atoms with Crippen molar-refractivity contribution in [2.24, 2.45) is 0 Å². The largest absolute Gasteiger partial charge is 0.384 e. The molecule has 0 fully saturated rings. The van der Waals surface area contributed by atoms with E-state index in [-0.39, 0.29) is 5.02 Å². The van der Waals surface area contributed by atoms with Gasteiger partial charge in [0.1, 0.15) is 18.0 Å². The van der Waals surface area contributed by atoms with Gasteiger partial charge in [0, 0.05) is 11.6 Å². The zero-order chi connectivity index (χ0) is 10.8. The summed E-state index contributed by atoms with van der Waals surface area (Å²) in [5.41, 5.74) is 6.83. The van der Waals surface area contributed by atoms with Gasteiger partial charge < -0.3 is 5.73 Å². The van der Waals surface area contributed by atoms with Crippen molar-refractivity contribution in [1.29, 1.82) is 0 Å². The molecule has 0 aliphatic rings. The highest BCUT2D eigenvalue weighted by atomic mass is 35.5. The minimum atomic E-state index is -0.456. The van der Waals surface area contributed by atoms with E-state index in [9.17, 15) is 4.39 Å². The van der Waals surface area contributed by atoms with Gasteiger partial charge in [-0.15, -0.1) is 0 Å². The van der Waals surface area contributed by atoms with Crippen LogP contribution in [0.15, 0.2) is 30.6 Å². The number of hydrogen-bond acceptors (Lipinski definition) is 3. The molecule has 5 heteroatoms. The van der Waals surface area contributed by atoms with Crippen LogP contribution in [-0.4, -0.2) is 9.97 Å². The van der Waals surface area contributed by atoms with Crippen LogP contribution >= 0.6 is 11.6 Å². The van der Waals surface area contributed by atoms with E-state index in [1.54, 1.807) is 12.1 Å². The van der Waals surface area contributed by atoms with Crippen molar-refractivity contribution in [2.45, 2.75) is 0 Å². The van der Waals surface area contributed by atoms with Crippen molar-refractivity contribution >= 4 is 17.4 Å². The molecule has 0 saturated heterocycles. The van der Waals surface area contributed by atoms with E-state index < -0.39 is 5.82 Å². The van der Waals surface area contributed by atoms with Crippen molar-refractivity contribution < 1.29 is 4.39 Å². The summed E-state index contributed by atoms with van der Waals surface area (Å²) in [6.07, 6.45) is 1.35. The average Bonchev–Trinajstić information content (AvgIpc) is 2.22. The standard InChI is InChI=1S/C10H7ClFN3/c11-7-3-6(1-2-8(7)12)9-4-10(13)15-5-14-9/h1-5H,(H2,13,14,15). The van der Waals surface area contributed by atoms with Crippen molar-refractivity contribution in [3.63, 3.8) is 0 Å². The van der Waals surface area contributed by atoms with E-state index in [0.29, 0.717) is 17.1 Å². The van der Waals surface area contributed by atoms with Crippen LogP contribution in [-0.2, 0) is 0 Å². The molecular weight excluding hydrogens is 217 g/mol. The summed E-state index contributed by atoms with van der Waals surface area (Å²) in [4.78, 5) is 7.77. The number of nitrogens with two attached hydrogens (primary N) is 1. The third-order valence-corrected chi connectivity index (χ3v) is 2.19. The van der Waals surface area contributed by atoms with Crippen molar-refractivity contribution in [1.82, 2.24) is 9.97 Å². The number of hydrogen-bond donors (Lipinski definition) is 1. The molecule has 1 aromatic heterocycles. The molecule has 0 unspecified atom stereocenters. The number of nitrogen functional groups attached to an aromatic ring is 1. The van der Waals surface area contributed by atoms with Crippen molar-refractivity contribution in [3.8, 4) is 11.3 Å². The zero-order valence-corrected chi connectivity index (χ0v) is 8.37. The molecule has 2 rings (SSSR count). The molecule has 0 radical (unpaired) electrons. The second-order valence-corrected chi connectivity index (χ2v) is 3.36. The first-order valence-electron chi connectivity index (χ1n) is 4.20. The summed E-state index contributed by atoms with van der Waals surface area (Å²) in [5, 5.41) is 0.0599. The third-order valence-electron chi connectivity index (χ3n) is 1.90. The normalized spacial score (nSPS) is 10.3. The number of benzene rings is 1. The highest BCUT2D eigenvalue weighted by molar-refractivity contribution is 6.31. The van der Waals surface area contributed by atoms with E-state index in [2.05, 4.69) is 9.97 Å². The first-order chi connectivity index (χ1) is 7.16. The van der Waals surface area contributed by atoms with Crippen LogP contribution in [0.4, 0.5) is 10.2 Å². The first kappa shape index (κ1) is 9.86. The molecule has 0 aliphatic heterocycles. The Morgan fingerprint density at radius 2 is 2.00 bits per heavy atom. The molecule has 0 amide bonds. The lowest BCUT2D eigenvalue weighted by molar-refractivity contribution is 0.628. The van der Waals surface area contributed by atoms with Gasteiger partial charge in [0.25, 0.3) is 0 Å². The number of nitrogens with zero attached hydrogens (tertiary/aromatic N) is 2. The fourth-order valence-electron chi connectivity index (χ4n) is 1.19. The minimum Gasteiger partial charge on any atom is -0.384 e. The Labute approximate surface area is 90.7 Å². The van der Waals surface area contributed by atoms with Gasteiger partial charge in [0.15, 0.2) is 0 Å². The maximum Gasteiger partial charge on any atom is 0.141 e. The zero-order valence-electron chi connectivity index (χ0n) is 7.61. The highest BCUT2D eigenvalue weighted by Gasteiger charge is 2.04. The van der Waals surface area contributed by atoms with Gasteiger partial charge >= 0.3 is 0 Å². The SMILES string of the molecule is Nc1cc(-c2ccc(F)c(Cl)c2)ncn1. The lowest BCUT2D eigenvalue weighted by Gasteiger charge is -2.02. The molecule has 2 N–H and O–H groups in total. The molecule has 76 valence electrons. The maximum absolute atomic E-state index is 12.9. The topological polar surface area (TPSA) is 51.8 Å². The lowest BCUT2D eigenvalue weighted by Crippen LogP contribution is -1.92. The Balaban J connectivity index is 2.50. The van der Waals surface area contributed by atoms with E-state index >= 15 is 0 Å². The van der Waals surface area contributed by atoms with Crippen molar-refractivity contribution in [3.05, 3.63) is 41.4 Å². The molecule has 1 aromatic carbocycles. The van der Waals surface area contributed by atoms with Gasteiger partial charge in [-0.25, -0.2) is 14.4 Å². The fraction of sp³-hybridized carbons (Fsp3) is 0. The number of anilines is 1. The minimum absolute atomic E-state index is 0.0599. The van der Waals surface area contributed by atoms with Crippen LogP contribution in [0.25, 0.3) is 11.3 Å². The van der Waals surface area contributed by atoms with Gasteiger partial charge in [-0.3, -0.25) is 0 Å². The predicted molar refractivity (Wildman–Crippen MR) is 56.8 cm³/mol. The average molecular weight is 224 g/mol.